The Morgan fingerprint density at radius 3 is 2.57 bits per heavy atom. The highest BCUT2D eigenvalue weighted by Crippen LogP contribution is 2.24. The number of hydrogen-bond acceptors (Lipinski definition) is 4. The number of benzene rings is 1. The van der Waals surface area contributed by atoms with Gasteiger partial charge in [-0.1, -0.05) is 43.7 Å². The Kier molecular flexibility index (Phi) is 5.09. The van der Waals surface area contributed by atoms with Crippen LogP contribution in [0.1, 0.15) is 25.1 Å². The fourth-order valence-electron chi connectivity index (χ4n) is 2.04. The molecule has 2 aromatic rings. The van der Waals surface area contributed by atoms with E-state index in [0.717, 1.165) is 16.3 Å². The molecule has 2 rings (SSSR count). The summed E-state index contributed by atoms with van der Waals surface area (Å²) < 4.78 is 0. The first kappa shape index (κ1) is 15.7. The summed E-state index contributed by atoms with van der Waals surface area (Å²) in [6, 6.07) is 7.69. The number of carboxylic acid groups (broad SMARTS) is 1. The highest BCUT2D eigenvalue weighted by atomic mass is 32.1. The lowest BCUT2D eigenvalue weighted by atomic mass is 10.1. The molecule has 0 fully saturated rings. The van der Waals surface area contributed by atoms with Gasteiger partial charge in [-0.15, -0.1) is 11.3 Å². The summed E-state index contributed by atoms with van der Waals surface area (Å²) >= 11 is 1.58. The third kappa shape index (κ3) is 4.12. The Balaban J connectivity index is 2.03. The predicted molar refractivity (Wildman–Crippen MR) is 85.4 cm³/mol. The lowest BCUT2D eigenvalue weighted by molar-refractivity contribution is -0.140. The SMILES string of the molecule is Cc1ccc(-c2nc(CNC(C(=O)O)C(C)C)cs2)cc1. The molecule has 1 atom stereocenters. The molecule has 0 spiro atoms. The van der Waals surface area contributed by atoms with Gasteiger partial charge in [0.1, 0.15) is 11.0 Å². The van der Waals surface area contributed by atoms with Gasteiger partial charge < -0.3 is 5.11 Å². The number of carboxylic acids is 1. The van der Waals surface area contributed by atoms with E-state index in [2.05, 4.69) is 41.5 Å². The molecule has 2 N–H and O–H groups in total. The predicted octanol–water partition coefficient (Wildman–Crippen LogP) is 3.32. The Morgan fingerprint density at radius 1 is 1.33 bits per heavy atom. The Bertz CT molecular complexity index is 605. The van der Waals surface area contributed by atoms with Gasteiger partial charge in [-0.3, -0.25) is 10.1 Å². The van der Waals surface area contributed by atoms with Crippen molar-refractivity contribution in [3.8, 4) is 10.6 Å². The summed E-state index contributed by atoms with van der Waals surface area (Å²) in [6.45, 7) is 6.31. The first-order chi connectivity index (χ1) is 9.97. The maximum absolute atomic E-state index is 11.1. The van der Waals surface area contributed by atoms with E-state index < -0.39 is 12.0 Å². The van der Waals surface area contributed by atoms with Crippen LogP contribution < -0.4 is 5.32 Å². The second-order valence-electron chi connectivity index (χ2n) is 5.45. The summed E-state index contributed by atoms with van der Waals surface area (Å²) in [6.07, 6.45) is 0. The maximum atomic E-state index is 11.1. The summed E-state index contributed by atoms with van der Waals surface area (Å²) in [5.41, 5.74) is 3.19. The molecular formula is C16H20N2O2S. The summed E-state index contributed by atoms with van der Waals surface area (Å²) in [7, 11) is 0. The molecule has 4 nitrogen and oxygen atoms in total. The second-order valence-corrected chi connectivity index (χ2v) is 6.31. The van der Waals surface area contributed by atoms with Crippen molar-refractivity contribution in [2.45, 2.75) is 33.4 Å². The zero-order chi connectivity index (χ0) is 15.4. The van der Waals surface area contributed by atoms with Gasteiger partial charge >= 0.3 is 5.97 Å². The number of carbonyl (C=O) groups is 1. The van der Waals surface area contributed by atoms with Crippen molar-refractivity contribution < 1.29 is 9.90 Å². The summed E-state index contributed by atoms with van der Waals surface area (Å²) in [5.74, 6) is -0.781. The van der Waals surface area contributed by atoms with E-state index in [-0.39, 0.29) is 5.92 Å². The lowest BCUT2D eigenvalue weighted by Crippen LogP contribution is -2.40. The lowest BCUT2D eigenvalue weighted by Gasteiger charge is -2.16. The van der Waals surface area contributed by atoms with Gasteiger partial charge in [-0.05, 0) is 12.8 Å². The van der Waals surface area contributed by atoms with Crippen LogP contribution in [0.2, 0.25) is 0 Å². The molecule has 1 aromatic heterocycles. The maximum Gasteiger partial charge on any atom is 0.320 e. The van der Waals surface area contributed by atoms with E-state index >= 15 is 0 Å². The molecule has 1 aromatic carbocycles. The van der Waals surface area contributed by atoms with E-state index in [1.807, 2.05) is 19.2 Å². The molecule has 0 aliphatic carbocycles. The van der Waals surface area contributed by atoms with Crippen molar-refractivity contribution in [3.63, 3.8) is 0 Å². The van der Waals surface area contributed by atoms with Crippen molar-refractivity contribution in [1.82, 2.24) is 10.3 Å². The van der Waals surface area contributed by atoms with Crippen LogP contribution in [0.4, 0.5) is 0 Å². The summed E-state index contributed by atoms with van der Waals surface area (Å²) in [4.78, 5) is 15.7. The molecule has 21 heavy (non-hydrogen) atoms. The van der Waals surface area contributed by atoms with Gasteiger partial charge in [0.2, 0.25) is 0 Å². The standard InChI is InChI=1S/C16H20N2O2S/c1-10(2)14(16(19)20)17-8-13-9-21-15(18-13)12-6-4-11(3)5-7-12/h4-7,9-10,14,17H,8H2,1-3H3,(H,19,20). The van der Waals surface area contributed by atoms with Crippen molar-refractivity contribution in [2.24, 2.45) is 5.92 Å². The molecule has 5 heteroatoms. The highest BCUT2D eigenvalue weighted by Gasteiger charge is 2.20. The number of aromatic nitrogens is 1. The number of nitrogens with zero attached hydrogens (tertiary/aromatic N) is 1. The molecule has 1 unspecified atom stereocenters. The molecule has 0 saturated carbocycles. The fraction of sp³-hybridized carbons (Fsp3) is 0.375. The normalized spacial score (nSPS) is 12.6. The van der Waals surface area contributed by atoms with Gasteiger partial charge in [0.25, 0.3) is 0 Å². The van der Waals surface area contributed by atoms with Crippen LogP contribution in [0.15, 0.2) is 29.6 Å². The molecule has 0 saturated heterocycles. The third-order valence-electron chi connectivity index (χ3n) is 3.29. The Labute approximate surface area is 128 Å². The molecule has 0 amide bonds. The van der Waals surface area contributed by atoms with E-state index in [9.17, 15) is 4.79 Å². The highest BCUT2D eigenvalue weighted by molar-refractivity contribution is 7.13. The first-order valence-corrected chi connectivity index (χ1v) is 7.83. The molecular weight excluding hydrogens is 284 g/mol. The average Bonchev–Trinajstić information content (AvgIpc) is 2.87. The second kappa shape index (κ2) is 6.83. The van der Waals surface area contributed by atoms with Crippen molar-refractivity contribution >= 4 is 17.3 Å². The van der Waals surface area contributed by atoms with Crippen LogP contribution in [0, 0.1) is 12.8 Å². The van der Waals surface area contributed by atoms with Crippen molar-refractivity contribution in [3.05, 3.63) is 40.9 Å². The number of thiazole rings is 1. The van der Waals surface area contributed by atoms with Gasteiger partial charge in [-0.2, -0.15) is 0 Å². The third-order valence-corrected chi connectivity index (χ3v) is 4.23. The number of hydrogen-bond donors (Lipinski definition) is 2. The molecule has 0 aliphatic rings. The van der Waals surface area contributed by atoms with E-state index in [1.54, 1.807) is 11.3 Å². The Hall–Kier alpha value is -1.72. The van der Waals surface area contributed by atoms with Crippen LogP contribution >= 0.6 is 11.3 Å². The van der Waals surface area contributed by atoms with E-state index in [0.29, 0.717) is 6.54 Å². The minimum atomic E-state index is -0.820. The van der Waals surface area contributed by atoms with E-state index in [4.69, 9.17) is 5.11 Å². The quantitative estimate of drug-likeness (QED) is 0.859. The van der Waals surface area contributed by atoms with Crippen molar-refractivity contribution in [2.75, 3.05) is 0 Å². The number of rotatable bonds is 6. The smallest absolute Gasteiger partial charge is 0.320 e. The van der Waals surface area contributed by atoms with Gasteiger partial charge in [0.05, 0.1) is 5.69 Å². The summed E-state index contributed by atoms with van der Waals surface area (Å²) in [5, 5.41) is 15.1. The number of aryl methyl sites for hydroxylation is 1. The molecule has 1 heterocycles. The molecule has 112 valence electrons. The molecule has 0 aliphatic heterocycles. The first-order valence-electron chi connectivity index (χ1n) is 6.95. The van der Waals surface area contributed by atoms with Crippen molar-refractivity contribution in [1.29, 1.82) is 0 Å². The van der Waals surface area contributed by atoms with Crippen LogP contribution in [0.3, 0.4) is 0 Å². The monoisotopic (exact) mass is 304 g/mol. The average molecular weight is 304 g/mol. The minimum Gasteiger partial charge on any atom is -0.480 e. The topological polar surface area (TPSA) is 62.2 Å². The zero-order valence-corrected chi connectivity index (χ0v) is 13.3. The van der Waals surface area contributed by atoms with Crippen LogP contribution in [0.25, 0.3) is 10.6 Å². The molecule has 0 bridgehead atoms. The molecule has 0 radical (unpaired) electrons. The van der Waals surface area contributed by atoms with Gasteiger partial charge in [-0.25, -0.2) is 4.98 Å². The van der Waals surface area contributed by atoms with Crippen LogP contribution in [-0.4, -0.2) is 22.1 Å². The fourth-order valence-corrected chi connectivity index (χ4v) is 2.87. The minimum absolute atomic E-state index is 0.0395. The Morgan fingerprint density at radius 2 is 2.00 bits per heavy atom. The number of aliphatic carboxylic acids is 1. The largest absolute Gasteiger partial charge is 0.480 e. The van der Waals surface area contributed by atoms with Gasteiger partial charge in [0, 0.05) is 17.5 Å². The van der Waals surface area contributed by atoms with Crippen LogP contribution in [-0.2, 0) is 11.3 Å². The van der Waals surface area contributed by atoms with E-state index in [1.165, 1.54) is 5.56 Å². The number of nitrogens with one attached hydrogen (secondary N) is 1. The van der Waals surface area contributed by atoms with Crippen LogP contribution in [0.5, 0.6) is 0 Å². The van der Waals surface area contributed by atoms with Gasteiger partial charge in [0.15, 0.2) is 0 Å². The zero-order valence-electron chi connectivity index (χ0n) is 12.5.